The second kappa shape index (κ2) is 9.09. The van der Waals surface area contributed by atoms with Gasteiger partial charge >= 0.3 is 6.03 Å². The SMILES string of the molecule is COCCOc1ccc(CNC(=O)N(C)Cc2ccc3c(c2)OCO3)cn1. The van der Waals surface area contributed by atoms with Crippen LogP contribution in [-0.2, 0) is 17.8 Å². The highest BCUT2D eigenvalue weighted by atomic mass is 16.7. The van der Waals surface area contributed by atoms with E-state index in [1.54, 1.807) is 31.3 Å². The number of hydrogen-bond donors (Lipinski definition) is 1. The molecule has 1 aromatic heterocycles. The number of carbonyl (C=O) groups is 1. The van der Waals surface area contributed by atoms with Crippen molar-refractivity contribution in [3.63, 3.8) is 0 Å². The zero-order valence-electron chi connectivity index (χ0n) is 15.4. The molecule has 27 heavy (non-hydrogen) atoms. The standard InChI is InChI=1S/C19H23N3O5/c1-22(12-14-3-5-16-17(9-14)27-13-26-16)19(23)21-11-15-4-6-18(20-10-15)25-8-7-24-2/h3-6,9-10H,7-8,11-13H2,1-2H3,(H,21,23). The Morgan fingerprint density at radius 1 is 1.19 bits per heavy atom. The molecule has 1 aliphatic heterocycles. The smallest absolute Gasteiger partial charge is 0.317 e. The summed E-state index contributed by atoms with van der Waals surface area (Å²) in [4.78, 5) is 18.1. The van der Waals surface area contributed by atoms with E-state index >= 15 is 0 Å². The lowest BCUT2D eigenvalue weighted by atomic mass is 10.2. The van der Waals surface area contributed by atoms with Crippen molar-refractivity contribution in [3.8, 4) is 17.4 Å². The molecule has 3 rings (SSSR count). The zero-order chi connectivity index (χ0) is 19.1. The molecule has 0 aliphatic carbocycles. The zero-order valence-corrected chi connectivity index (χ0v) is 15.4. The summed E-state index contributed by atoms with van der Waals surface area (Å²) >= 11 is 0. The molecule has 2 aromatic rings. The average Bonchev–Trinajstić information content (AvgIpc) is 3.15. The van der Waals surface area contributed by atoms with Gasteiger partial charge in [0.1, 0.15) is 6.61 Å². The molecule has 0 saturated carbocycles. The van der Waals surface area contributed by atoms with Crippen molar-refractivity contribution >= 4 is 6.03 Å². The monoisotopic (exact) mass is 373 g/mol. The molecule has 2 heterocycles. The Hall–Kier alpha value is -3.00. The highest BCUT2D eigenvalue weighted by Crippen LogP contribution is 2.32. The van der Waals surface area contributed by atoms with Crippen LogP contribution >= 0.6 is 0 Å². The Labute approximate surface area is 158 Å². The first-order valence-corrected chi connectivity index (χ1v) is 8.60. The van der Waals surface area contributed by atoms with Gasteiger partial charge in [0.2, 0.25) is 12.7 Å². The van der Waals surface area contributed by atoms with Gasteiger partial charge in [-0.2, -0.15) is 0 Å². The van der Waals surface area contributed by atoms with Crippen LogP contribution in [0.3, 0.4) is 0 Å². The number of rotatable bonds is 8. The maximum Gasteiger partial charge on any atom is 0.317 e. The normalized spacial score (nSPS) is 11.9. The molecule has 0 unspecified atom stereocenters. The van der Waals surface area contributed by atoms with Crippen LogP contribution in [0.1, 0.15) is 11.1 Å². The van der Waals surface area contributed by atoms with E-state index < -0.39 is 0 Å². The lowest BCUT2D eigenvalue weighted by Crippen LogP contribution is -2.36. The number of ether oxygens (including phenoxy) is 4. The number of pyridine rings is 1. The van der Waals surface area contributed by atoms with Crippen molar-refractivity contribution in [2.75, 3.05) is 34.2 Å². The third-order valence-corrected chi connectivity index (χ3v) is 3.98. The second-order valence-electron chi connectivity index (χ2n) is 6.05. The van der Waals surface area contributed by atoms with Crippen LogP contribution in [0.4, 0.5) is 4.79 Å². The minimum atomic E-state index is -0.173. The summed E-state index contributed by atoms with van der Waals surface area (Å²) in [6.07, 6.45) is 1.68. The van der Waals surface area contributed by atoms with Crippen molar-refractivity contribution in [2.45, 2.75) is 13.1 Å². The number of methoxy groups -OCH3 is 1. The number of urea groups is 1. The first-order valence-electron chi connectivity index (χ1n) is 8.60. The number of benzene rings is 1. The first kappa shape index (κ1) is 18.8. The van der Waals surface area contributed by atoms with Gasteiger partial charge in [0, 0.05) is 39.5 Å². The molecule has 0 fully saturated rings. The summed E-state index contributed by atoms with van der Waals surface area (Å²) in [7, 11) is 3.36. The Bertz CT molecular complexity index is 766. The minimum Gasteiger partial charge on any atom is -0.475 e. The van der Waals surface area contributed by atoms with Crippen LogP contribution in [0.15, 0.2) is 36.5 Å². The number of hydrogen-bond acceptors (Lipinski definition) is 6. The average molecular weight is 373 g/mol. The Morgan fingerprint density at radius 3 is 2.78 bits per heavy atom. The topological polar surface area (TPSA) is 82.2 Å². The van der Waals surface area contributed by atoms with Gasteiger partial charge in [-0.1, -0.05) is 12.1 Å². The van der Waals surface area contributed by atoms with Crippen molar-refractivity contribution in [1.82, 2.24) is 15.2 Å². The van der Waals surface area contributed by atoms with Gasteiger partial charge in [-0.05, 0) is 23.3 Å². The summed E-state index contributed by atoms with van der Waals surface area (Å²) < 4.78 is 21.0. The maximum atomic E-state index is 12.3. The van der Waals surface area contributed by atoms with Gasteiger partial charge in [-0.15, -0.1) is 0 Å². The lowest BCUT2D eigenvalue weighted by Gasteiger charge is -2.18. The number of fused-ring (bicyclic) bond motifs is 1. The van der Waals surface area contributed by atoms with Gasteiger partial charge in [0.25, 0.3) is 0 Å². The highest BCUT2D eigenvalue weighted by molar-refractivity contribution is 5.73. The summed E-state index contributed by atoms with van der Waals surface area (Å²) in [5, 5.41) is 2.87. The fourth-order valence-electron chi connectivity index (χ4n) is 2.53. The molecule has 0 radical (unpaired) electrons. The van der Waals surface area contributed by atoms with Crippen molar-refractivity contribution in [1.29, 1.82) is 0 Å². The van der Waals surface area contributed by atoms with Crippen LogP contribution in [0, 0.1) is 0 Å². The van der Waals surface area contributed by atoms with Crippen LogP contribution in [-0.4, -0.2) is 50.1 Å². The summed E-state index contributed by atoms with van der Waals surface area (Å²) in [5.41, 5.74) is 1.86. The number of aromatic nitrogens is 1. The Kier molecular flexibility index (Phi) is 6.32. The largest absolute Gasteiger partial charge is 0.475 e. The minimum absolute atomic E-state index is 0.173. The second-order valence-corrected chi connectivity index (χ2v) is 6.05. The molecule has 0 bridgehead atoms. The molecule has 8 heteroatoms. The quantitative estimate of drug-likeness (QED) is 0.714. The Balaban J connectivity index is 1.45. The van der Waals surface area contributed by atoms with E-state index in [1.165, 1.54) is 0 Å². The van der Waals surface area contributed by atoms with Crippen LogP contribution in [0.25, 0.3) is 0 Å². The molecule has 0 spiro atoms. The van der Waals surface area contributed by atoms with Crippen molar-refractivity contribution < 1.29 is 23.7 Å². The molecule has 2 amide bonds. The van der Waals surface area contributed by atoms with Gasteiger partial charge in [0.15, 0.2) is 11.5 Å². The van der Waals surface area contributed by atoms with Gasteiger partial charge in [-0.25, -0.2) is 9.78 Å². The first-order chi connectivity index (χ1) is 13.2. The van der Waals surface area contributed by atoms with E-state index in [9.17, 15) is 4.79 Å². The molecule has 144 valence electrons. The van der Waals surface area contributed by atoms with E-state index in [-0.39, 0.29) is 12.8 Å². The lowest BCUT2D eigenvalue weighted by molar-refractivity contribution is 0.143. The van der Waals surface area contributed by atoms with E-state index in [1.807, 2.05) is 24.3 Å². The van der Waals surface area contributed by atoms with Crippen LogP contribution < -0.4 is 19.5 Å². The highest BCUT2D eigenvalue weighted by Gasteiger charge is 2.15. The molecule has 0 atom stereocenters. The third-order valence-electron chi connectivity index (χ3n) is 3.98. The molecule has 0 saturated heterocycles. The Morgan fingerprint density at radius 2 is 2.00 bits per heavy atom. The molecule has 1 N–H and O–H groups in total. The fourth-order valence-corrected chi connectivity index (χ4v) is 2.53. The molecule has 1 aromatic carbocycles. The van der Waals surface area contributed by atoms with Crippen molar-refractivity contribution in [2.24, 2.45) is 0 Å². The molecule has 1 aliphatic rings. The van der Waals surface area contributed by atoms with E-state index in [0.717, 1.165) is 16.9 Å². The number of amides is 2. The maximum absolute atomic E-state index is 12.3. The molecule has 8 nitrogen and oxygen atoms in total. The van der Waals surface area contributed by atoms with Gasteiger partial charge < -0.3 is 29.2 Å². The third kappa shape index (κ3) is 5.24. The molecular formula is C19H23N3O5. The van der Waals surface area contributed by atoms with Crippen molar-refractivity contribution in [3.05, 3.63) is 47.7 Å². The predicted octanol–water partition coefficient (Wildman–Crippen LogP) is 2.18. The van der Waals surface area contributed by atoms with Crippen LogP contribution in [0.2, 0.25) is 0 Å². The predicted molar refractivity (Wildman–Crippen MR) is 97.9 cm³/mol. The van der Waals surface area contributed by atoms with E-state index in [2.05, 4.69) is 10.3 Å². The van der Waals surface area contributed by atoms with Gasteiger partial charge in [-0.3, -0.25) is 0 Å². The van der Waals surface area contributed by atoms with E-state index in [4.69, 9.17) is 18.9 Å². The summed E-state index contributed by atoms with van der Waals surface area (Å²) in [6.45, 7) is 2.04. The summed E-state index contributed by atoms with van der Waals surface area (Å²) in [5.74, 6) is 1.97. The summed E-state index contributed by atoms with van der Waals surface area (Å²) in [6, 6.07) is 9.13. The molecular weight excluding hydrogens is 350 g/mol. The fraction of sp³-hybridized carbons (Fsp3) is 0.368. The number of carbonyl (C=O) groups excluding carboxylic acids is 1. The van der Waals surface area contributed by atoms with E-state index in [0.29, 0.717) is 37.9 Å². The van der Waals surface area contributed by atoms with Gasteiger partial charge in [0.05, 0.1) is 6.61 Å². The van der Waals surface area contributed by atoms with Crippen LogP contribution in [0.5, 0.6) is 17.4 Å². The number of nitrogens with one attached hydrogen (secondary N) is 1. The number of nitrogens with zero attached hydrogens (tertiary/aromatic N) is 2.